The Kier molecular flexibility index (Phi) is 4.53. The normalized spacial score (nSPS) is 21.9. The molecule has 0 amide bonds. The predicted octanol–water partition coefficient (Wildman–Crippen LogP) is 1.08. The average molecular weight is 239 g/mol. The van der Waals surface area contributed by atoms with E-state index in [0.717, 1.165) is 37.5 Å². The third-order valence-electron chi connectivity index (χ3n) is 3.36. The summed E-state index contributed by atoms with van der Waals surface area (Å²) in [4.78, 5) is 2.42. The summed E-state index contributed by atoms with van der Waals surface area (Å²) in [6.45, 7) is 2.84. The van der Waals surface area contributed by atoms with Gasteiger partial charge < -0.3 is 9.84 Å². The van der Waals surface area contributed by atoms with Gasteiger partial charge in [0.1, 0.15) is 0 Å². The number of rotatable bonds is 5. The molecular formula is C12H21N3O2. The van der Waals surface area contributed by atoms with E-state index >= 15 is 0 Å². The first-order valence-electron chi connectivity index (χ1n) is 6.23. The Hall–Kier alpha value is -0.910. The van der Waals surface area contributed by atoms with Crippen LogP contribution in [0.5, 0.6) is 0 Å². The Balaban J connectivity index is 2.04. The van der Waals surface area contributed by atoms with Gasteiger partial charge in [-0.15, -0.1) is 0 Å². The average Bonchev–Trinajstić information content (AvgIpc) is 2.85. The molecule has 17 heavy (non-hydrogen) atoms. The first-order chi connectivity index (χ1) is 8.35. The Bertz CT molecular complexity index is 340. The van der Waals surface area contributed by atoms with Crippen LogP contribution in [0.25, 0.3) is 0 Å². The highest BCUT2D eigenvalue weighted by Gasteiger charge is 2.25. The van der Waals surface area contributed by atoms with Gasteiger partial charge >= 0.3 is 0 Å². The van der Waals surface area contributed by atoms with Crippen molar-refractivity contribution in [2.24, 2.45) is 0 Å². The van der Waals surface area contributed by atoms with Crippen LogP contribution in [0, 0.1) is 0 Å². The van der Waals surface area contributed by atoms with Crippen molar-refractivity contribution < 1.29 is 9.84 Å². The highest BCUT2D eigenvalue weighted by Crippen LogP contribution is 2.29. The molecule has 0 radical (unpaired) electrons. The molecule has 1 saturated heterocycles. The number of ether oxygens (including phenoxy) is 1. The minimum Gasteiger partial charge on any atom is -0.390 e. The minimum absolute atomic E-state index is 0.0256. The van der Waals surface area contributed by atoms with Crippen molar-refractivity contribution in [2.45, 2.75) is 31.9 Å². The second kappa shape index (κ2) is 6.14. The zero-order valence-electron chi connectivity index (χ0n) is 10.4. The molecule has 0 spiro atoms. The third kappa shape index (κ3) is 3.06. The number of nitrogens with zero attached hydrogens (tertiary/aromatic N) is 2. The van der Waals surface area contributed by atoms with Gasteiger partial charge in [0.25, 0.3) is 0 Å². The maximum absolute atomic E-state index is 9.05. The van der Waals surface area contributed by atoms with E-state index in [9.17, 15) is 0 Å². The Morgan fingerprint density at radius 2 is 2.47 bits per heavy atom. The summed E-state index contributed by atoms with van der Waals surface area (Å²) in [6.07, 6.45) is 3.63. The summed E-state index contributed by atoms with van der Waals surface area (Å²) < 4.78 is 5.15. The highest BCUT2D eigenvalue weighted by molar-refractivity contribution is 5.12. The fraction of sp³-hybridized carbons (Fsp3) is 0.750. The molecule has 2 rings (SSSR count). The van der Waals surface area contributed by atoms with E-state index in [-0.39, 0.29) is 6.61 Å². The second-order valence-corrected chi connectivity index (χ2v) is 4.52. The molecule has 1 unspecified atom stereocenters. The summed E-state index contributed by atoms with van der Waals surface area (Å²) in [6, 6.07) is 2.34. The number of nitrogens with one attached hydrogen (secondary N) is 1. The number of piperidine rings is 1. The Morgan fingerprint density at radius 3 is 3.18 bits per heavy atom. The van der Waals surface area contributed by atoms with Gasteiger partial charge in [-0.05, 0) is 25.5 Å². The van der Waals surface area contributed by atoms with E-state index < -0.39 is 0 Å². The van der Waals surface area contributed by atoms with Gasteiger partial charge in [0.05, 0.1) is 30.6 Å². The van der Waals surface area contributed by atoms with E-state index in [1.54, 1.807) is 7.11 Å². The van der Waals surface area contributed by atoms with E-state index in [1.165, 1.54) is 12.8 Å². The van der Waals surface area contributed by atoms with Crippen LogP contribution in [0.4, 0.5) is 0 Å². The maximum atomic E-state index is 9.05. The van der Waals surface area contributed by atoms with Gasteiger partial charge in [-0.3, -0.25) is 10.00 Å². The van der Waals surface area contributed by atoms with Crippen LogP contribution < -0.4 is 0 Å². The van der Waals surface area contributed by atoms with Crippen molar-refractivity contribution >= 4 is 0 Å². The predicted molar refractivity (Wildman–Crippen MR) is 64.6 cm³/mol. The standard InChI is InChI=1S/C12H21N3O2/c1-17-7-6-15-5-3-2-4-12(15)11-8-10(9-16)13-14-11/h8,12,16H,2-7,9H2,1H3,(H,13,14). The van der Waals surface area contributed by atoms with Crippen LogP contribution in [0.2, 0.25) is 0 Å². The smallest absolute Gasteiger partial charge is 0.0847 e. The van der Waals surface area contributed by atoms with Gasteiger partial charge in [-0.2, -0.15) is 5.10 Å². The first kappa shape index (κ1) is 12.5. The van der Waals surface area contributed by atoms with Crippen LogP contribution >= 0.6 is 0 Å². The molecule has 2 heterocycles. The van der Waals surface area contributed by atoms with Gasteiger partial charge in [0, 0.05) is 13.7 Å². The number of aliphatic hydroxyl groups is 1. The molecule has 1 aliphatic heterocycles. The van der Waals surface area contributed by atoms with E-state index in [0.29, 0.717) is 6.04 Å². The summed E-state index contributed by atoms with van der Waals surface area (Å²) in [5.41, 5.74) is 1.84. The zero-order chi connectivity index (χ0) is 12.1. The van der Waals surface area contributed by atoms with Crippen molar-refractivity contribution in [1.82, 2.24) is 15.1 Å². The number of hydrogen-bond donors (Lipinski definition) is 2. The van der Waals surface area contributed by atoms with E-state index in [2.05, 4.69) is 15.1 Å². The van der Waals surface area contributed by atoms with Crippen molar-refractivity contribution in [3.05, 3.63) is 17.5 Å². The van der Waals surface area contributed by atoms with Gasteiger partial charge in [-0.1, -0.05) is 6.42 Å². The van der Waals surface area contributed by atoms with Gasteiger partial charge in [-0.25, -0.2) is 0 Å². The minimum atomic E-state index is 0.0256. The number of hydrogen-bond acceptors (Lipinski definition) is 4. The van der Waals surface area contributed by atoms with E-state index in [1.807, 2.05) is 6.07 Å². The zero-order valence-corrected chi connectivity index (χ0v) is 10.4. The maximum Gasteiger partial charge on any atom is 0.0847 e. The summed E-state index contributed by atoms with van der Waals surface area (Å²) in [7, 11) is 1.73. The lowest BCUT2D eigenvalue weighted by Gasteiger charge is -2.34. The molecule has 1 atom stereocenters. The molecule has 1 aliphatic rings. The number of methoxy groups -OCH3 is 1. The monoisotopic (exact) mass is 239 g/mol. The Morgan fingerprint density at radius 1 is 1.59 bits per heavy atom. The van der Waals surface area contributed by atoms with Crippen molar-refractivity contribution in [3.8, 4) is 0 Å². The topological polar surface area (TPSA) is 61.4 Å². The van der Waals surface area contributed by atoms with Crippen LogP contribution in [0.1, 0.15) is 36.7 Å². The fourth-order valence-electron chi connectivity index (χ4n) is 2.43. The molecule has 0 saturated carbocycles. The molecule has 1 fully saturated rings. The lowest BCUT2D eigenvalue weighted by molar-refractivity contribution is 0.0942. The highest BCUT2D eigenvalue weighted by atomic mass is 16.5. The van der Waals surface area contributed by atoms with E-state index in [4.69, 9.17) is 9.84 Å². The summed E-state index contributed by atoms with van der Waals surface area (Å²) >= 11 is 0. The lowest BCUT2D eigenvalue weighted by Crippen LogP contribution is -2.36. The van der Waals surface area contributed by atoms with Crippen LogP contribution in [-0.4, -0.2) is 47.0 Å². The summed E-state index contributed by atoms with van der Waals surface area (Å²) in [5.74, 6) is 0. The summed E-state index contributed by atoms with van der Waals surface area (Å²) in [5, 5.41) is 16.2. The number of H-pyrrole nitrogens is 1. The molecule has 96 valence electrons. The number of aliphatic hydroxyl groups excluding tert-OH is 1. The molecule has 0 aliphatic carbocycles. The second-order valence-electron chi connectivity index (χ2n) is 4.52. The number of likely N-dealkylation sites (tertiary alicyclic amines) is 1. The fourth-order valence-corrected chi connectivity index (χ4v) is 2.43. The largest absolute Gasteiger partial charge is 0.390 e. The molecule has 0 aromatic carbocycles. The van der Waals surface area contributed by atoms with Gasteiger partial charge in [0.2, 0.25) is 0 Å². The Labute approximate surface area is 102 Å². The van der Waals surface area contributed by atoms with Crippen molar-refractivity contribution in [1.29, 1.82) is 0 Å². The third-order valence-corrected chi connectivity index (χ3v) is 3.36. The molecular weight excluding hydrogens is 218 g/mol. The number of aromatic amines is 1. The van der Waals surface area contributed by atoms with Crippen LogP contribution in [-0.2, 0) is 11.3 Å². The molecule has 2 N–H and O–H groups in total. The molecule has 5 nitrogen and oxygen atoms in total. The van der Waals surface area contributed by atoms with Gasteiger partial charge in [0.15, 0.2) is 0 Å². The molecule has 1 aromatic heterocycles. The SMILES string of the molecule is COCCN1CCCCC1c1cc(CO)[nH]n1. The van der Waals surface area contributed by atoms with Crippen molar-refractivity contribution in [3.63, 3.8) is 0 Å². The quantitative estimate of drug-likeness (QED) is 0.807. The molecule has 0 bridgehead atoms. The molecule has 5 heteroatoms. The lowest BCUT2D eigenvalue weighted by atomic mass is 9.99. The molecule has 1 aromatic rings. The van der Waals surface area contributed by atoms with Crippen LogP contribution in [0.15, 0.2) is 6.07 Å². The van der Waals surface area contributed by atoms with Crippen LogP contribution in [0.3, 0.4) is 0 Å². The first-order valence-corrected chi connectivity index (χ1v) is 6.23. The number of aromatic nitrogens is 2. The van der Waals surface area contributed by atoms with Crippen molar-refractivity contribution in [2.75, 3.05) is 26.8 Å².